The monoisotopic (exact) mass is 170 g/mol. The molecule has 60 valence electrons. The summed E-state index contributed by atoms with van der Waals surface area (Å²) in [6.07, 6.45) is 1.60. The molecule has 0 saturated carbocycles. The number of rotatable bonds is 2. The summed E-state index contributed by atoms with van der Waals surface area (Å²) >= 11 is 1.37. The van der Waals surface area contributed by atoms with E-state index in [2.05, 4.69) is 4.98 Å². The van der Waals surface area contributed by atoms with Crippen LogP contribution >= 0.6 is 11.3 Å². The molecular weight excluding hydrogens is 160 g/mol. The molecule has 0 aliphatic carbocycles. The van der Waals surface area contributed by atoms with Gasteiger partial charge in [-0.2, -0.15) is 0 Å². The van der Waals surface area contributed by atoms with Gasteiger partial charge in [-0.15, -0.1) is 11.3 Å². The Balaban J connectivity index is 2.70. The molecule has 0 N–H and O–H groups in total. The van der Waals surface area contributed by atoms with Crippen LogP contribution in [0.2, 0.25) is 0 Å². The van der Waals surface area contributed by atoms with Gasteiger partial charge in [-0.3, -0.25) is 9.78 Å². The van der Waals surface area contributed by atoms with Crippen LogP contribution in [0.4, 0.5) is 0 Å². The molecule has 3 nitrogen and oxygen atoms in total. The summed E-state index contributed by atoms with van der Waals surface area (Å²) in [5.41, 5.74) is 1.66. The van der Waals surface area contributed by atoms with Crippen molar-refractivity contribution in [3.63, 3.8) is 0 Å². The quantitative estimate of drug-likeness (QED) is 0.669. The first kappa shape index (κ1) is 8.20. The van der Waals surface area contributed by atoms with E-state index in [0.29, 0.717) is 4.88 Å². The van der Waals surface area contributed by atoms with Crippen LogP contribution in [0, 0.1) is 0 Å². The average Bonchev–Trinajstić information content (AvgIpc) is 2.53. The summed E-state index contributed by atoms with van der Waals surface area (Å²) in [4.78, 5) is 17.5. The molecule has 0 aliphatic rings. The largest absolute Gasteiger partial charge is 0.341 e. The van der Waals surface area contributed by atoms with Gasteiger partial charge in [-0.1, -0.05) is 0 Å². The minimum Gasteiger partial charge on any atom is -0.341 e. The molecular formula is C7H10N2OS. The third-order valence-corrected chi connectivity index (χ3v) is 2.23. The van der Waals surface area contributed by atoms with E-state index in [9.17, 15) is 4.79 Å². The summed E-state index contributed by atoms with van der Waals surface area (Å²) in [5.74, 6) is 0.0509. The van der Waals surface area contributed by atoms with Crippen LogP contribution in [0.5, 0.6) is 0 Å². The van der Waals surface area contributed by atoms with Gasteiger partial charge < -0.3 is 4.90 Å². The SMILES string of the molecule is CCN(C)C(=O)c1cncs1. The maximum Gasteiger partial charge on any atom is 0.265 e. The zero-order chi connectivity index (χ0) is 8.27. The molecule has 1 rings (SSSR count). The van der Waals surface area contributed by atoms with Gasteiger partial charge in [0.2, 0.25) is 0 Å². The Morgan fingerprint density at radius 1 is 1.82 bits per heavy atom. The van der Waals surface area contributed by atoms with E-state index in [4.69, 9.17) is 0 Å². The van der Waals surface area contributed by atoms with Crippen molar-refractivity contribution in [3.05, 3.63) is 16.6 Å². The minimum atomic E-state index is 0.0509. The van der Waals surface area contributed by atoms with E-state index >= 15 is 0 Å². The zero-order valence-corrected chi connectivity index (χ0v) is 7.39. The maximum atomic E-state index is 11.3. The van der Waals surface area contributed by atoms with E-state index in [1.54, 1.807) is 23.7 Å². The van der Waals surface area contributed by atoms with Crippen molar-refractivity contribution >= 4 is 17.2 Å². The van der Waals surface area contributed by atoms with Crippen LogP contribution in [0.3, 0.4) is 0 Å². The fourth-order valence-electron chi connectivity index (χ4n) is 0.653. The van der Waals surface area contributed by atoms with Gasteiger partial charge in [0, 0.05) is 13.6 Å². The van der Waals surface area contributed by atoms with E-state index in [0.717, 1.165) is 6.54 Å². The van der Waals surface area contributed by atoms with Crippen molar-refractivity contribution in [2.24, 2.45) is 0 Å². The van der Waals surface area contributed by atoms with E-state index in [-0.39, 0.29) is 5.91 Å². The number of hydrogen-bond acceptors (Lipinski definition) is 3. The third-order valence-electron chi connectivity index (χ3n) is 1.46. The van der Waals surface area contributed by atoms with Crippen LogP contribution in [-0.4, -0.2) is 29.4 Å². The first-order chi connectivity index (χ1) is 5.25. The van der Waals surface area contributed by atoms with E-state index < -0.39 is 0 Å². The molecule has 0 aromatic carbocycles. The number of hydrogen-bond donors (Lipinski definition) is 0. The minimum absolute atomic E-state index is 0.0509. The molecule has 1 aromatic heterocycles. The summed E-state index contributed by atoms with van der Waals surface area (Å²) in [7, 11) is 1.78. The highest BCUT2D eigenvalue weighted by Crippen LogP contribution is 2.07. The van der Waals surface area contributed by atoms with Gasteiger partial charge in [-0.25, -0.2) is 0 Å². The Hall–Kier alpha value is -0.900. The molecule has 0 radical (unpaired) electrons. The Bertz CT molecular complexity index is 233. The van der Waals surface area contributed by atoms with Crippen LogP contribution in [-0.2, 0) is 0 Å². The maximum absolute atomic E-state index is 11.3. The van der Waals surface area contributed by atoms with Gasteiger partial charge in [0.05, 0.1) is 11.7 Å². The molecule has 4 heteroatoms. The fourth-order valence-corrected chi connectivity index (χ4v) is 1.27. The van der Waals surface area contributed by atoms with Crippen molar-refractivity contribution in [3.8, 4) is 0 Å². The Labute approximate surface area is 69.7 Å². The number of thiazole rings is 1. The zero-order valence-electron chi connectivity index (χ0n) is 6.57. The lowest BCUT2D eigenvalue weighted by molar-refractivity contribution is 0.0807. The molecule has 0 aliphatic heterocycles. The first-order valence-corrected chi connectivity index (χ1v) is 4.27. The fraction of sp³-hybridized carbons (Fsp3) is 0.429. The van der Waals surface area contributed by atoms with Crippen LogP contribution in [0.15, 0.2) is 11.7 Å². The molecule has 0 bridgehead atoms. The van der Waals surface area contributed by atoms with Crippen molar-refractivity contribution in [2.45, 2.75) is 6.92 Å². The van der Waals surface area contributed by atoms with Gasteiger partial charge in [0.15, 0.2) is 0 Å². The van der Waals surface area contributed by atoms with Crippen molar-refractivity contribution < 1.29 is 4.79 Å². The van der Waals surface area contributed by atoms with Crippen molar-refractivity contribution in [2.75, 3.05) is 13.6 Å². The highest BCUT2D eigenvalue weighted by Gasteiger charge is 2.10. The van der Waals surface area contributed by atoms with Crippen LogP contribution in [0.1, 0.15) is 16.6 Å². The lowest BCUT2D eigenvalue weighted by Crippen LogP contribution is -2.25. The summed E-state index contributed by atoms with van der Waals surface area (Å²) in [6.45, 7) is 2.68. The number of aromatic nitrogens is 1. The van der Waals surface area contributed by atoms with Gasteiger partial charge in [-0.05, 0) is 6.92 Å². The number of carbonyl (C=O) groups excluding carboxylic acids is 1. The summed E-state index contributed by atoms with van der Waals surface area (Å²) in [6, 6.07) is 0. The topological polar surface area (TPSA) is 33.2 Å². The molecule has 1 aromatic rings. The lowest BCUT2D eigenvalue weighted by Gasteiger charge is -2.11. The van der Waals surface area contributed by atoms with E-state index in [1.807, 2.05) is 6.92 Å². The number of carbonyl (C=O) groups is 1. The predicted octanol–water partition coefficient (Wildman–Crippen LogP) is 1.24. The molecule has 0 fully saturated rings. The normalized spacial score (nSPS) is 9.64. The second kappa shape index (κ2) is 3.48. The summed E-state index contributed by atoms with van der Waals surface area (Å²) < 4.78 is 0. The predicted molar refractivity (Wildman–Crippen MR) is 44.7 cm³/mol. The molecule has 11 heavy (non-hydrogen) atoms. The Morgan fingerprint density at radius 2 is 2.55 bits per heavy atom. The molecule has 0 atom stereocenters. The molecule has 1 heterocycles. The number of nitrogens with zero attached hydrogens (tertiary/aromatic N) is 2. The Kier molecular flexibility index (Phi) is 2.59. The van der Waals surface area contributed by atoms with Crippen molar-refractivity contribution in [1.82, 2.24) is 9.88 Å². The highest BCUT2D eigenvalue weighted by atomic mass is 32.1. The first-order valence-electron chi connectivity index (χ1n) is 3.39. The van der Waals surface area contributed by atoms with Gasteiger partial charge >= 0.3 is 0 Å². The van der Waals surface area contributed by atoms with Crippen LogP contribution in [0.25, 0.3) is 0 Å². The van der Waals surface area contributed by atoms with E-state index in [1.165, 1.54) is 11.3 Å². The second-order valence-corrected chi connectivity index (χ2v) is 3.07. The number of amides is 1. The summed E-state index contributed by atoms with van der Waals surface area (Å²) in [5, 5.41) is 0. The van der Waals surface area contributed by atoms with Gasteiger partial charge in [0.1, 0.15) is 4.88 Å². The van der Waals surface area contributed by atoms with Crippen LogP contribution < -0.4 is 0 Å². The average molecular weight is 170 g/mol. The Morgan fingerprint density at radius 3 is 3.00 bits per heavy atom. The third kappa shape index (κ3) is 1.77. The standard InChI is InChI=1S/C7H10N2OS/c1-3-9(2)7(10)6-4-8-5-11-6/h4-5H,3H2,1-2H3. The smallest absolute Gasteiger partial charge is 0.265 e. The molecule has 1 amide bonds. The molecule has 0 spiro atoms. The second-order valence-electron chi connectivity index (χ2n) is 2.19. The van der Waals surface area contributed by atoms with Crippen molar-refractivity contribution in [1.29, 1.82) is 0 Å². The molecule has 0 saturated heterocycles. The lowest BCUT2D eigenvalue weighted by atomic mass is 10.4. The molecule has 0 unspecified atom stereocenters. The van der Waals surface area contributed by atoms with Gasteiger partial charge in [0.25, 0.3) is 5.91 Å². The highest BCUT2D eigenvalue weighted by molar-refractivity contribution is 7.11.